The molecule has 0 unspecified atom stereocenters. The molecule has 0 atom stereocenters. The maximum atomic E-state index is 12.8. The Morgan fingerprint density at radius 2 is 1.63 bits per heavy atom. The van der Waals surface area contributed by atoms with E-state index in [-0.39, 0.29) is 12.3 Å². The minimum atomic E-state index is -0.178. The molecular formula is C20H14Cl2N4O. The molecule has 4 aromatic rings. The van der Waals surface area contributed by atoms with Crippen molar-refractivity contribution in [1.29, 1.82) is 0 Å². The number of carbonyl (C=O) groups excluding carboxylic acids is 1. The molecule has 0 aliphatic heterocycles. The predicted molar refractivity (Wildman–Crippen MR) is 108 cm³/mol. The lowest BCUT2D eigenvalue weighted by molar-refractivity contribution is 0.0902. The Hall–Kier alpha value is -2.89. The molecule has 1 aromatic heterocycles. The predicted octanol–water partition coefficient (Wildman–Crippen LogP) is 5.36. The summed E-state index contributed by atoms with van der Waals surface area (Å²) in [5.74, 6) is -0.178. The molecular weight excluding hydrogens is 383 g/mol. The lowest BCUT2D eigenvalue weighted by Gasteiger charge is -2.14. The first-order chi connectivity index (χ1) is 13.1. The number of para-hydroxylation sites is 3. The maximum absolute atomic E-state index is 12.8. The van der Waals surface area contributed by atoms with Gasteiger partial charge in [-0.1, -0.05) is 64.8 Å². The third-order valence-electron chi connectivity index (χ3n) is 4.17. The molecule has 134 valence electrons. The Kier molecular flexibility index (Phi) is 4.79. The number of carbonyl (C=O) groups is 1. The van der Waals surface area contributed by atoms with Crippen molar-refractivity contribution in [2.24, 2.45) is 0 Å². The highest BCUT2D eigenvalue weighted by Gasteiger charge is 2.15. The molecule has 1 heterocycles. The van der Waals surface area contributed by atoms with Gasteiger partial charge in [-0.25, -0.2) is 0 Å². The Morgan fingerprint density at radius 3 is 2.44 bits per heavy atom. The number of nitrogens with zero attached hydrogens (tertiary/aromatic N) is 3. The summed E-state index contributed by atoms with van der Waals surface area (Å²) in [6.07, 6.45) is 0.151. The van der Waals surface area contributed by atoms with Crippen molar-refractivity contribution >= 4 is 51.5 Å². The molecule has 0 aliphatic rings. The molecule has 0 amide bonds. The van der Waals surface area contributed by atoms with Crippen molar-refractivity contribution in [2.75, 3.05) is 5.32 Å². The molecule has 0 spiro atoms. The van der Waals surface area contributed by atoms with Gasteiger partial charge in [0.05, 0.1) is 27.7 Å². The van der Waals surface area contributed by atoms with E-state index >= 15 is 0 Å². The summed E-state index contributed by atoms with van der Waals surface area (Å²) in [6.45, 7) is 0. The zero-order chi connectivity index (χ0) is 18.8. The van der Waals surface area contributed by atoms with Gasteiger partial charge in [-0.15, -0.1) is 5.10 Å². The molecule has 7 heteroatoms. The van der Waals surface area contributed by atoms with E-state index in [1.165, 1.54) is 4.68 Å². The summed E-state index contributed by atoms with van der Waals surface area (Å²) in [5, 5.41) is 12.3. The van der Waals surface area contributed by atoms with E-state index in [0.717, 1.165) is 11.3 Å². The molecule has 27 heavy (non-hydrogen) atoms. The summed E-state index contributed by atoms with van der Waals surface area (Å²) in [5.41, 5.74) is 3.53. The second kappa shape index (κ2) is 7.39. The van der Waals surface area contributed by atoms with E-state index in [9.17, 15) is 4.79 Å². The highest BCUT2D eigenvalue weighted by atomic mass is 35.5. The zero-order valence-electron chi connectivity index (χ0n) is 14.1. The quantitative estimate of drug-likeness (QED) is 0.503. The third-order valence-corrected chi connectivity index (χ3v) is 4.80. The Labute approximate surface area is 165 Å². The number of rotatable bonds is 4. The number of anilines is 2. The van der Waals surface area contributed by atoms with Crippen molar-refractivity contribution in [3.8, 4) is 0 Å². The highest BCUT2D eigenvalue weighted by Crippen LogP contribution is 2.33. The number of nitrogens with one attached hydrogen (secondary N) is 1. The minimum Gasteiger partial charge on any atom is -0.353 e. The van der Waals surface area contributed by atoms with Crippen LogP contribution in [0.1, 0.15) is 10.4 Å². The average molecular weight is 397 g/mol. The number of fused-ring (bicyclic) bond motifs is 1. The SMILES string of the molecule is O=C(Cc1ccccc1Nc1c(Cl)cccc1Cl)n1nnc2ccccc21. The smallest absolute Gasteiger partial charge is 0.253 e. The Balaban J connectivity index is 1.64. The average Bonchev–Trinajstić information content (AvgIpc) is 3.10. The van der Waals surface area contributed by atoms with Crippen molar-refractivity contribution in [3.05, 3.63) is 82.3 Å². The van der Waals surface area contributed by atoms with Crippen LogP contribution >= 0.6 is 23.2 Å². The second-order valence-electron chi connectivity index (χ2n) is 5.94. The van der Waals surface area contributed by atoms with Crippen LogP contribution < -0.4 is 5.32 Å². The fraction of sp³-hybridized carbons (Fsp3) is 0.0500. The van der Waals surface area contributed by atoms with E-state index in [4.69, 9.17) is 23.2 Å². The van der Waals surface area contributed by atoms with Crippen LogP contribution in [0.3, 0.4) is 0 Å². The Morgan fingerprint density at radius 1 is 0.926 bits per heavy atom. The maximum Gasteiger partial charge on any atom is 0.253 e. The molecule has 0 bridgehead atoms. The summed E-state index contributed by atoms with van der Waals surface area (Å²) in [7, 11) is 0. The standard InChI is InChI=1S/C20H14Cl2N4O/c21-14-7-5-8-15(22)20(14)23-16-9-2-1-6-13(16)12-19(27)26-18-11-4-3-10-17(18)24-25-26/h1-11,23H,12H2. The largest absolute Gasteiger partial charge is 0.353 e. The van der Waals surface area contributed by atoms with Gasteiger partial charge in [-0.3, -0.25) is 4.79 Å². The van der Waals surface area contributed by atoms with Crippen LogP contribution in [0.4, 0.5) is 11.4 Å². The zero-order valence-corrected chi connectivity index (χ0v) is 15.6. The number of halogens is 2. The van der Waals surface area contributed by atoms with Crippen LogP contribution in [-0.4, -0.2) is 20.9 Å². The van der Waals surface area contributed by atoms with Crippen LogP contribution in [0.2, 0.25) is 10.0 Å². The van der Waals surface area contributed by atoms with Crippen LogP contribution in [0.25, 0.3) is 11.0 Å². The molecule has 0 radical (unpaired) electrons. The number of hydrogen-bond acceptors (Lipinski definition) is 4. The summed E-state index contributed by atoms with van der Waals surface area (Å²) >= 11 is 12.5. The van der Waals surface area contributed by atoms with Crippen molar-refractivity contribution in [2.45, 2.75) is 6.42 Å². The van der Waals surface area contributed by atoms with Gasteiger partial charge >= 0.3 is 0 Å². The molecule has 4 rings (SSSR count). The molecule has 0 saturated heterocycles. The van der Waals surface area contributed by atoms with E-state index in [0.29, 0.717) is 26.8 Å². The topological polar surface area (TPSA) is 59.8 Å². The summed E-state index contributed by atoms with van der Waals surface area (Å²) in [6, 6.07) is 20.2. The van der Waals surface area contributed by atoms with E-state index in [1.54, 1.807) is 18.2 Å². The van der Waals surface area contributed by atoms with Gasteiger partial charge in [-0.2, -0.15) is 4.68 Å². The van der Waals surface area contributed by atoms with Crippen LogP contribution in [0, 0.1) is 0 Å². The third kappa shape index (κ3) is 3.52. The van der Waals surface area contributed by atoms with E-state index in [1.807, 2.05) is 48.5 Å². The van der Waals surface area contributed by atoms with Crippen molar-refractivity contribution in [1.82, 2.24) is 15.0 Å². The number of aromatic nitrogens is 3. The fourth-order valence-corrected chi connectivity index (χ4v) is 3.33. The van der Waals surface area contributed by atoms with Crippen LogP contribution in [-0.2, 0) is 6.42 Å². The summed E-state index contributed by atoms with van der Waals surface area (Å²) in [4.78, 5) is 12.8. The number of hydrogen-bond donors (Lipinski definition) is 1. The van der Waals surface area contributed by atoms with Gasteiger partial charge in [0, 0.05) is 5.69 Å². The molecule has 3 aromatic carbocycles. The highest BCUT2D eigenvalue weighted by molar-refractivity contribution is 6.39. The normalized spacial score (nSPS) is 10.9. The lowest BCUT2D eigenvalue weighted by atomic mass is 10.1. The lowest BCUT2D eigenvalue weighted by Crippen LogP contribution is -2.16. The molecule has 0 saturated carbocycles. The first kappa shape index (κ1) is 17.5. The van der Waals surface area contributed by atoms with Gasteiger partial charge in [0.15, 0.2) is 0 Å². The van der Waals surface area contributed by atoms with Crippen molar-refractivity contribution in [3.63, 3.8) is 0 Å². The van der Waals surface area contributed by atoms with Gasteiger partial charge in [0.1, 0.15) is 5.52 Å². The van der Waals surface area contributed by atoms with E-state index < -0.39 is 0 Å². The monoisotopic (exact) mass is 396 g/mol. The Bertz CT molecular complexity index is 1120. The first-order valence-corrected chi connectivity index (χ1v) is 9.01. The summed E-state index contributed by atoms with van der Waals surface area (Å²) < 4.78 is 1.33. The van der Waals surface area contributed by atoms with E-state index in [2.05, 4.69) is 15.6 Å². The fourth-order valence-electron chi connectivity index (χ4n) is 2.84. The van der Waals surface area contributed by atoms with Gasteiger partial charge < -0.3 is 5.32 Å². The van der Waals surface area contributed by atoms with Gasteiger partial charge in [0.25, 0.3) is 5.91 Å². The van der Waals surface area contributed by atoms with Gasteiger partial charge in [-0.05, 0) is 35.9 Å². The van der Waals surface area contributed by atoms with Crippen molar-refractivity contribution < 1.29 is 4.79 Å². The molecule has 0 aliphatic carbocycles. The molecule has 5 nitrogen and oxygen atoms in total. The van der Waals surface area contributed by atoms with Crippen LogP contribution in [0.5, 0.6) is 0 Å². The number of benzene rings is 3. The molecule has 1 N–H and O–H groups in total. The first-order valence-electron chi connectivity index (χ1n) is 8.26. The molecule has 0 fully saturated rings. The minimum absolute atomic E-state index is 0.151. The van der Waals surface area contributed by atoms with Crippen LogP contribution in [0.15, 0.2) is 66.7 Å². The second-order valence-corrected chi connectivity index (χ2v) is 6.75. The van der Waals surface area contributed by atoms with Gasteiger partial charge in [0.2, 0.25) is 0 Å².